The van der Waals surface area contributed by atoms with E-state index < -0.39 is 5.54 Å². The van der Waals surface area contributed by atoms with Crippen LogP contribution in [0.4, 0.5) is 0 Å². The number of hydrogen-bond acceptors (Lipinski definition) is 6. The van der Waals surface area contributed by atoms with Crippen molar-refractivity contribution in [1.82, 2.24) is 15.1 Å². The summed E-state index contributed by atoms with van der Waals surface area (Å²) in [5.41, 5.74) is 1.84. The molecular formula is C23H25N3O5. The number of nitrogens with one attached hydrogen (secondary N) is 1. The summed E-state index contributed by atoms with van der Waals surface area (Å²) in [6.07, 6.45) is 3.58. The molecule has 0 saturated carbocycles. The first kappa shape index (κ1) is 20.6. The average Bonchev–Trinajstić information content (AvgIpc) is 3.46. The third-order valence-electron chi connectivity index (χ3n) is 5.32. The molecule has 0 unspecified atom stereocenters. The normalized spacial score (nSPS) is 12.5. The summed E-state index contributed by atoms with van der Waals surface area (Å²) in [5.74, 6) is 2.55. The fourth-order valence-electron chi connectivity index (χ4n) is 3.35. The third kappa shape index (κ3) is 4.01. The summed E-state index contributed by atoms with van der Waals surface area (Å²) in [6, 6.07) is 11.3. The van der Waals surface area contributed by atoms with Gasteiger partial charge in [0.1, 0.15) is 5.54 Å². The molecule has 8 nitrogen and oxygen atoms in total. The highest BCUT2D eigenvalue weighted by molar-refractivity contribution is 5.83. The van der Waals surface area contributed by atoms with Gasteiger partial charge in [-0.1, -0.05) is 12.1 Å². The predicted octanol–water partition coefficient (Wildman–Crippen LogP) is 3.35. The molecule has 1 N–H and O–H groups in total. The first-order valence-corrected chi connectivity index (χ1v) is 9.86. The number of rotatable bonds is 7. The maximum Gasteiger partial charge on any atom is 0.247 e. The summed E-state index contributed by atoms with van der Waals surface area (Å²) in [5, 5.41) is 7.41. The zero-order valence-corrected chi connectivity index (χ0v) is 18.0. The highest BCUT2D eigenvalue weighted by Crippen LogP contribution is 2.33. The summed E-state index contributed by atoms with van der Waals surface area (Å²) in [4.78, 5) is 12.9. The Morgan fingerprint density at radius 1 is 1.06 bits per heavy atom. The van der Waals surface area contributed by atoms with Gasteiger partial charge in [0.05, 0.1) is 20.4 Å². The van der Waals surface area contributed by atoms with Crippen LogP contribution in [0.5, 0.6) is 23.0 Å². The number of hydrogen-bond donors (Lipinski definition) is 1. The minimum atomic E-state index is -0.884. The van der Waals surface area contributed by atoms with Crippen LogP contribution in [0.3, 0.4) is 0 Å². The van der Waals surface area contributed by atoms with Gasteiger partial charge in [-0.05, 0) is 49.2 Å². The molecule has 2 aromatic carbocycles. The average molecular weight is 423 g/mol. The molecule has 0 bridgehead atoms. The molecule has 8 heteroatoms. The molecule has 1 aliphatic rings. The quantitative estimate of drug-likeness (QED) is 0.628. The zero-order chi connectivity index (χ0) is 22.0. The SMILES string of the molecule is COc1ccc(-c2cnn(C(C)(C)C(=O)NCc3ccc4c(c3)OCO4)c2)cc1OC. The van der Waals surface area contributed by atoms with Crippen molar-refractivity contribution in [2.75, 3.05) is 21.0 Å². The maximum absolute atomic E-state index is 12.9. The van der Waals surface area contributed by atoms with Gasteiger partial charge >= 0.3 is 0 Å². The number of carbonyl (C=O) groups excluding carboxylic acids is 1. The van der Waals surface area contributed by atoms with Gasteiger partial charge in [0, 0.05) is 18.3 Å². The third-order valence-corrected chi connectivity index (χ3v) is 5.32. The second-order valence-corrected chi connectivity index (χ2v) is 7.67. The minimum absolute atomic E-state index is 0.146. The number of carbonyl (C=O) groups is 1. The summed E-state index contributed by atoms with van der Waals surface area (Å²) in [6.45, 7) is 4.25. The Balaban J connectivity index is 1.47. The van der Waals surface area contributed by atoms with Crippen LogP contribution < -0.4 is 24.3 Å². The standard InChI is InChI=1S/C23H25N3O5/c1-23(2,22(27)24-11-15-5-7-19-21(9-15)31-14-30-19)26-13-17(12-25-26)16-6-8-18(28-3)20(10-16)29-4/h5-10,12-13H,11,14H2,1-4H3,(H,24,27). The Bertz CT molecular complexity index is 1110. The van der Waals surface area contributed by atoms with E-state index in [2.05, 4.69) is 10.4 Å². The topological polar surface area (TPSA) is 83.8 Å². The number of benzene rings is 2. The molecule has 4 rings (SSSR count). The number of ether oxygens (including phenoxy) is 4. The Labute approximate surface area is 180 Å². The van der Waals surface area contributed by atoms with Gasteiger partial charge in [-0.15, -0.1) is 0 Å². The van der Waals surface area contributed by atoms with Gasteiger partial charge < -0.3 is 24.3 Å². The molecular weight excluding hydrogens is 398 g/mol. The van der Waals surface area contributed by atoms with Crippen LogP contribution in [-0.4, -0.2) is 36.7 Å². The largest absolute Gasteiger partial charge is 0.493 e. The summed E-state index contributed by atoms with van der Waals surface area (Å²) >= 11 is 0. The van der Waals surface area contributed by atoms with E-state index in [9.17, 15) is 4.79 Å². The highest BCUT2D eigenvalue weighted by Gasteiger charge is 2.30. The van der Waals surface area contributed by atoms with Gasteiger partial charge in [-0.25, -0.2) is 0 Å². The Morgan fingerprint density at radius 3 is 2.61 bits per heavy atom. The van der Waals surface area contributed by atoms with Crippen molar-refractivity contribution in [2.45, 2.75) is 25.9 Å². The van der Waals surface area contributed by atoms with E-state index in [0.717, 1.165) is 22.4 Å². The number of fused-ring (bicyclic) bond motifs is 1. The first-order chi connectivity index (χ1) is 14.9. The van der Waals surface area contributed by atoms with Gasteiger partial charge in [0.2, 0.25) is 12.7 Å². The van der Waals surface area contributed by atoms with Crippen LogP contribution in [-0.2, 0) is 16.9 Å². The Morgan fingerprint density at radius 2 is 1.84 bits per heavy atom. The van der Waals surface area contributed by atoms with Crippen molar-refractivity contribution < 1.29 is 23.7 Å². The van der Waals surface area contributed by atoms with Crippen LogP contribution in [0.1, 0.15) is 19.4 Å². The van der Waals surface area contributed by atoms with E-state index in [0.29, 0.717) is 23.8 Å². The molecule has 1 amide bonds. The molecule has 1 aromatic heterocycles. The molecule has 3 aromatic rings. The molecule has 0 atom stereocenters. The summed E-state index contributed by atoms with van der Waals surface area (Å²) < 4.78 is 23.0. The fraction of sp³-hybridized carbons (Fsp3) is 0.304. The van der Waals surface area contributed by atoms with Gasteiger partial charge in [0.25, 0.3) is 0 Å². The van der Waals surface area contributed by atoms with Crippen LogP contribution in [0.15, 0.2) is 48.8 Å². The first-order valence-electron chi connectivity index (χ1n) is 9.86. The molecule has 2 heterocycles. The van der Waals surface area contributed by atoms with Crippen LogP contribution in [0.25, 0.3) is 11.1 Å². The Kier molecular flexibility index (Phi) is 5.46. The molecule has 1 aliphatic heterocycles. The smallest absolute Gasteiger partial charge is 0.247 e. The van der Waals surface area contributed by atoms with Crippen LogP contribution in [0.2, 0.25) is 0 Å². The van der Waals surface area contributed by atoms with Crippen molar-refractivity contribution in [2.24, 2.45) is 0 Å². The van der Waals surface area contributed by atoms with Crippen LogP contribution in [0, 0.1) is 0 Å². The van der Waals surface area contributed by atoms with Crippen molar-refractivity contribution in [1.29, 1.82) is 0 Å². The zero-order valence-electron chi connectivity index (χ0n) is 18.0. The van der Waals surface area contributed by atoms with Crippen molar-refractivity contribution in [3.8, 4) is 34.1 Å². The second kappa shape index (κ2) is 8.22. The lowest BCUT2D eigenvalue weighted by atomic mass is 10.0. The molecule has 0 radical (unpaired) electrons. The minimum Gasteiger partial charge on any atom is -0.493 e. The van der Waals surface area contributed by atoms with E-state index in [1.165, 1.54) is 0 Å². The van der Waals surface area contributed by atoms with E-state index in [1.807, 2.05) is 56.4 Å². The lowest BCUT2D eigenvalue weighted by Crippen LogP contribution is -2.44. The van der Waals surface area contributed by atoms with Gasteiger partial charge in [-0.3, -0.25) is 9.48 Å². The lowest BCUT2D eigenvalue weighted by molar-refractivity contribution is -0.129. The van der Waals surface area contributed by atoms with Crippen molar-refractivity contribution >= 4 is 5.91 Å². The fourth-order valence-corrected chi connectivity index (χ4v) is 3.35. The van der Waals surface area contributed by atoms with Crippen LogP contribution >= 0.6 is 0 Å². The van der Waals surface area contributed by atoms with E-state index in [-0.39, 0.29) is 12.7 Å². The van der Waals surface area contributed by atoms with Gasteiger partial charge in [-0.2, -0.15) is 5.10 Å². The summed E-state index contributed by atoms with van der Waals surface area (Å²) in [7, 11) is 3.19. The highest BCUT2D eigenvalue weighted by atomic mass is 16.7. The molecule has 0 aliphatic carbocycles. The predicted molar refractivity (Wildman–Crippen MR) is 115 cm³/mol. The van der Waals surface area contributed by atoms with E-state index >= 15 is 0 Å². The Hall–Kier alpha value is -3.68. The molecule has 31 heavy (non-hydrogen) atoms. The van der Waals surface area contributed by atoms with E-state index in [4.69, 9.17) is 18.9 Å². The number of methoxy groups -OCH3 is 2. The molecule has 0 fully saturated rings. The number of amides is 1. The molecule has 162 valence electrons. The maximum atomic E-state index is 12.9. The van der Waals surface area contributed by atoms with Crippen molar-refractivity contribution in [3.63, 3.8) is 0 Å². The molecule has 0 saturated heterocycles. The lowest BCUT2D eigenvalue weighted by Gasteiger charge is -2.24. The molecule has 0 spiro atoms. The number of nitrogens with zero attached hydrogens (tertiary/aromatic N) is 2. The van der Waals surface area contributed by atoms with Crippen molar-refractivity contribution in [3.05, 3.63) is 54.4 Å². The van der Waals surface area contributed by atoms with Gasteiger partial charge in [0.15, 0.2) is 23.0 Å². The number of aromatic nitrogens is 2. The second-order valence-electron chi connectivity index (χ2n) is 7.67. The van der Waals surface area contributed by atoms with E-state index in [1.54, 1.807) is 25.1 Å². The monoisotopic (exact) mass is 423 g/mol.